The summed E-state index contributed by atoms with van der Waals surface area (Å²) in [6.07, 6.45) is 5.37. The van der Waals surface area contributed by atoms with Gasteiger partial charge in [0.2, 0.25) is 0 Å². The van der Waals surface area contributed by atoms with E-state index in [1.54, 1.807) is 0 Å². The van der Waals surface area contributed by atoms with Gasteiger partial charge in [-0.25, -0.2) is 0 Å². The Hall–Kier alpha value is -0.410. The van der Waals surface area contributed by atoms with Crippen LogP contribution in [0.1, 0.15) is 32.1 Å². The van der Waals surface area contributed by atoms with Crippen molar-refractivity contribution >= 4 is 5.78 Å². The van der Waals surface area contributed by atoms with Crippen LogP contribution >= 0.6 is 0 Å². The van der Waals surface area contributed by atoms with E-state index in [0.29, 0.717) is 5.78 Å². The third-order valence-electron chi connectivity index (χ3n) is 3.02. The first-order valence-electron chi connectivity index (χ1n) is 5.63. The van der Waals surface area contributed by atoms with Gasteiger partial charge in [-0.3, -0.25) is 9.69 Å². The van der Waals surface area contributed by atoms with Gasteiger partial charge in [0, 0.05) is 19.5 Å². The number of ketones is 1. The molecule has 0 amide bonds. The lowest BCUT2D eigenvalue weighted by molar-refractivity contribution is -0.123. The summed E-state index contributed by atoms with van der Waals surface area (Å²) in [5.41, 5.74) is 0. The number of hydrogen-bond acceptors (Lipinski definition) is 3. The number of hydrogen-bond donors (Lipinski definition) is 1. The quantitative estimate of drug-likeness (QED) is 0.685. The van der Waals surface area contributed by atoms with Gasteiger partial charge in [-0.15, -0.1) is 0 Å². The van der Waals surface area contributed by atoms with Crippen molar-refractivity contribution in [3.8, 4) is 0 Å². The summed E-state index contributed by atoms with van der Waals surface area (Å²) in [6, 6.07) is 0.186. The smallest absolute Gasteiger partial charge is 0.149 e. The van der Waals surface area contributed by atoms with Crippen molar-refractivity contribution in [2.45, 2.75) is 38.1 Å². The van der Waals surface area contributed by atoms with Crippen LogP contribution in [0.25, 0.3) is 0 Å². The summed E-state index contributed by atoms with van der Waals surface area (Å²) in [6.45, 7) is 1.92. The van der Waals surface area contributed by atoms with Crippen LogP contribution in [0.5, 0.6) is 0 Å². The fraction of sp³-hybridized carbons (Fsp3) is 0.909. The second-order valence-electron chi connectivity index (χ2n) is 4.17. The van der Waals surface area contributed by atoms with Crippen molar-refractivity contribution in [3.05, 3.63) is 0 Å². The van der Waals surface area contributed by atoms with Crippen molar-refractivity contribution in [3.63, 3.8) is 0 Å². The largest absolute Gasteiger partial charge is 0.318 e. The van der Waals surface area contributed by atoms with Crippen LogP contribution in [0.2, 0.25) is 0 Å². The Kier molecular flexibility index (Phi) is 5.12. The van der Waals surface area contributed by atoms with Crippen LogP contribution in [0.4, 0.5) is 0 Å². The lowest BCUT2D eigenvalue weighted by Crippen LogP contribution is -2.40. The number of likely N-dealkylation sites (N-methyl/N-ethyl adjacent to an activating group) is 2. The van der Waals surface area contributed by atoms with Crippen molar-refractivity contribution in [2.75, 3.05) is 27.2 Å². The molecular weight excluding hydrogens is 176 g/mol. The summed E-state index contributed by atoms with van der Waals surface area (Å²) >= 11 is 0. The SMILES string of the molecule is CNCCN(C)C1CCCCCC1=O. The zero-order valence-corrected chi connectivity index (χ0v) is 9.38. The third kappa shape index (κ3) is 3.39. The first kappa shape index (κ1) is 11.7. The average Bonchev–Trinajstić information content (AvgIpc) is 2.39. The Morgan fingerprint density at radius 2 is 2.21 bits per heavy atom. The number of Topliss-reactive ketones (excluding diaryl/α,β-unsaturated/α-hetero) is 1. The molecule has 0 aromatic heterocycles. The van der Waals surface area contributed by atoms with E-state index in [1.165, 1.54) is 12.8 Å². The summed E-state index contributed by atoms with van der Waals surface area (Å²) in [4.78, 5) is 14.0. The molecule has 14 heavy (non-hydrogen) atoms. The third-order valence-corrected chi connectivity index (χ3v) is 3.02. The highest BCUT2D eigenvalue weighted by molar-refractivity contribution is 5.84. The molecule has 3 heteroatoms. The van der Waals surface area contributed by atoms with Crippen LogP contribution in [-0.4, -0.2) is 43.9 Å². The lowest BCUT2D eigenvalue weighted by atomic mass is 10.1. The molecular formula is C11H22N2O. The van der Waals surface area contributed by atoms with Crippen molar-refractivity contribution < 1.29 is 4.79 Å². The van der Waals surface area contributed by atoms with Crippen LogP contribution in [-0.2, 0) is 4.79 Å². The minimum absolute atomic E-state index is 0.186. The molecule has 3 nitrogen and oxygen atoms in total. The monoisotopic (exact) mass is 198 g/mol. The van der Waals surface area contributed by atoms with Gasteiger partial charge in [0.15, 0.2) is 0 Å². The Balaban J connectivity index is 2.41. The average molecular weight is 198 g/mol. The summed E-state index contributed by atoms with van der Waals surface area (Å²) in [5.74, 6) is 0.445. The minimum Gasteiger partial charge on any atom is -0.318 e. The topological polar surface area (TPSA) is 32.3 Å². The van der Waals surface area contributed by atoms with Crippen LogP contribution in [0, 0.1) is 0 Å². The highest BCUT2D eigenvalue weighted by Crippen LogP contribution is 2.17. The molecule has 0 saturated heterocycles. The van der Waals surface area contributed by atoms with Crippen LogP contribution in [0.3, 0.4) is 0 Å². The Labute approximate surface area is 86.9 Å². The molecule has 0 aromatic rings. The zero-order valence-electron chi connectivity index (χ0n) is 9.38. The van der Waals surface area contributed by atoms with E-state index in [1.807, 2.05) is 7.05 Å². The van der Waals surface area contributed by atoms with E-state index in [0.717, 1.165) is 32.4 Å². The first-order valence-corrected chi connectivity index (χ1v) is 5.63. The maximum atomic E-state index is 11.8. The molecule has 0 bridgehead atoms. The highest BCUT2D eigenvalue weighted by atomic mass is 16.1. The Bertz CT molecular complexity index is 182. The number of rotatable bonds is 4. The number of carbonyl (C=O) groups is 1. The van der Waals surface area contributed by atoms with Crippen LogP contribution < -0.4 is 5.32 Å². The molecule has 0 aliphatic heterocycles. The van der Waals surface area contributed by atoms with Gasteiger partial charge in [0.25, 0.3) is 0 Å². The molecule has 1 aliphatic carbocycles. The standard InChI is InChI=1S/C11H22N2O/c1-12-8-9-13(2)10-6-4-3-5-7-11(10)14/h10,12H,3-9H2,1-2H3. The van der Waals surface area contributed by atoms with Gasteiger partial charge in [-0.05, 0) is 26.9 Å². The molecule has 1 aliphatic rings. The molecule has 1 unspecified atom stereocenters. The Morgan fingerprint density at radius 1 is 1.43 bits per heavy atom. The van der Waals surface area contributed by atoms with Crippen LogP contribution in [0.15, 0.2) is 0 Å². The number of carbonyl (C=O) groups excluding carboxylic acids is 1. The summed E-state index contributed by atoms with van der Waals surface area (Å²) in [5, 5.41) is 3.12. The van der Waals surface area contributed by atoms with E-state index in [-0.39, 0.29) is 6.04 Å². The maximum Gasteiger partial charge on any atom is 0.149 e. The molecule has 82 valence electrons. The molecule has 1 N–H and O–H groups in total. The van der Waals surface area contributed by atoms with Gasteiger partial charge < -0.3 is 5.32 Å². The number of nitrogens with one attached hydrogen (secondary N) is 1. The lowest BCUT2D eigenvalue weighted by Gasteiger charge is -2.25. The fourth-order valence-electron chi connectivity index (χ4n) is 2.05. The van der Waals surface area contributed by atoms with Gasteiger partial charge in [0.1, 0.15) is 5.78 Å². The normalized spacial score (nSPS) is 23.9. The molecule has 0 radical (unpaired) electrons. The van der Waals surface area contributed by atoms with Gasteiger partial charge in [-0.2, -0.15) is 0 Å². The zero-order chi connectivity index (χ0) is 10.4. The summed E-state index contributed by atoms with van der Waals surface area (Å²) in [7, 11) is 4.01. The van der Waals surface area contributed by atoms with Crippen molar-refractivity contribution in [1.29, 1.82) is 0 Å². The predicted molar refractivity (Wildman–Crippen MR) is 58.4 cm³/mol. The highest BCUT2D eigenvalue weighted by Gasteiger charge is 2.23. The number of nitrogens with zero attached hydrogens (tertiary/aromatic N) is 1. The molecule has 0 heterocycles. The minimum atomic E-state index is 0.186. The molecule has 0 aromatic carbocycles. The van der Waals surface area contributed by atoms with Crippen molar-refractivity contribution in [2.24, 2.45) is 0 Å². The molecule has 1 atom stereocenters. The van der Waals surface area contributed by atoms with E-state index in [4.69, 9.17) is 0 Å². The van der Waals surface area contributed by atoms with Crippen molar-refractivity contribution in [1.82, 2.24) is 10.2 Å². The molecule has 0 spiro atoms. The van der Waals surface area contributed by atoms with E-state index >= 15 is 0 Å². The van der Waals surface area contributed by atoms with E-state index in [9.17, 15) is 4.79 Å². The van der Waals surface area contributed by atoms with E-state index in [2.05, 4.69) is 17.3 Å². The second kappa shape index (κ2) is 6.14. The first-order chi connectivity index (χ1) is 6.75. The van der Waals surface area contributed by atoms with Gasteiger partial charge >= 0.3 is 0 Å². The summed E-state index contributed by atoms with van der Waals surface area (Å²) < 4.78 is 0. The molecule has 1 fully saturated rings. The predicted octanol–water partition coefficient (Wildman–Crippen LogP) is 1.04. The van der Waals surface area contributed by atoms with E-state index < -0.39 is 0 Å². The van der Waals surface area contributed by atoms with Gasteiger partial charge in [0.05, 0.1) is 6.04 Å². The fourth-order valence-corrected chi connectivity index (χ4v) is 2.05. The molecule has 1 saturated carbocycles. The maximum absolute atomic E-state index is 11.8. The van der Waals surface area contributed by atoms with Gasteiger partial charge in [-0.1, -0.05) is 12.8 Å². The molecule has 1 rings (SSSR count). The second-order valence-corrected chi connectivity index (χ2v) is 4.17. The Morgan fingerprint density at radius 3 is 2.93 bits per heavy atom.